The highest BCUT2D eigenvalue weighted by Crippen LogP contribution is 2.25. The minimum atomic E-state index is -0.406. The molecule has 0 heterocycles. The van der Waals surface area contributed by atoms with Gasteiger partial charge in [-0.3, -0.25) is 4.79 Å². The summed E-state index contributed by atoms with van der Waals surface area (Å²) in [7, 11) is 0. The van der Waals surface area contributed by atoms with Crippen LogP contribution >= 0.6 is 0 Å². The van der Waals surface area contributed by atoms with E-state index in [0.717, 1.165) is 0 Å². The third-order valence-electron chi connectivity index (χ3n) is 3.33. The van der Waals surface area contributed by atoms with Gasteiger partial charge in [-0.25, -0.2) is 4.39 Å². The minimum Gasteiger partial charge on any atom is -0.352 e. The molecule has 0 aliphatic heterocycles. The molecule has 0 unspecified atom stereocenters. The fourth-order valence-corrected chi connectivity index (χ4v) is 1.99. The Hall–Kier alpha value is -1.86. The van der Waals surface area contributed by atoms with Gasteiger partial charge in [-0.05, 0) is 37.0 Å². The van der Waals surface area contributed by atoms with Gasteiger partial charge in [0.05, 0.1) is 12.1 Å². The Morgan fingerprint density at radius 2 is 2.26 bits per heavy atom. The number of hydrogen-bond donors (Lipinski definition) is 2. The number of rotatable bonds is 3. The first kappa shape index (κ1) is 13.6. The van der Waals surface area contributed by atoms with Crippen molar-refractivity contribution >= 4 is 5.91 Å². The minimum absolute atomic E-state index is 0.180. The molecule has 1 amide bonds. The second kappa shape index (κ2) is 6.35. The van der Waals surface area contributed by atoms with Crippen LogP contribution < -0.4 is 11.1 Å². The predicted molar refractivity (Wildman–Crippen MR) is 72.0 cm³/mol. The maximum atomic E-state index is 13.2. The Bertz CT molecular complexity index is 527. The van der Waals surface area contributed by atoms with Gasteiger partial charge in [0.1, 0.15) is 5.82 Å². The van der Waals surface area contributed by atoms with Gasteiger partial charge in [0.25, 0.3) is 5.91 Å². The largest absolute Gasteiger partial charge is 0.352 e. The molecule has 1 aromatic carbocycles. The zero-order chi connectivity index (χ0) is 13.7. The maximum Gasteiger partial charge on any atom is 0.252 e. The van der Waals surface area contributed by atoms with Crippen LogP contribution in [-0.2, 0) is 0 Å². The number of nitrogens with one attached hydrogen (secondary N) is 1. The van der Waals surface area contributed by atoms with E-state index in [9.17, 15) is 9.18 Å². The van der Waals surface area contributed by atoms with Crippen LogP contribution in [0.25, 0.3) is 0 Å². The van der Waals surface area contributed by atoms with Crippen molar-refractivity contribution in [3.8, 4) is 11.8 Å². The number of carbonyl (C=O) groups excluding carboxylic acids is 1. The summed E-state index contributed by atoms with van der Waals surface area (Å²) in [5.74, 6) is 5.36. The van der Waals surface area contributed by atoms with E-state index in [4.69, 9.17) is 5.73 Å². The lowest BCUT2D eigenvalue weighted by molar-refractivity contribution is 0.0939. The van der Waals surface area contributed by atoms with Crippen LogP contribution in [0.15, 0.2) is 18.2 Å². The highest BCUT2D eigenvalue weighted by molar-refractivity contribution is 5.96. The Morgan fingerprint density at radius 1 is 1.47 bits per heavy atom. The summed E-state index contributed by atoms with van der Waals surface area (Å²) in [6, 6.07) is 4.00. The normalized spacial score (nSPS) is 14.2. The number of halogens is 1. The number of amides is 1. The monoisotopic (exact) mass is 260 g/mol. The molecule has 1 fully saturated rings. The summed E-state index contributed by atoms with van der Waals surface area (Å²) < 4.78 is 13.2. The van der Waals surface area contributed by atoms with Gasteiger partial charge in [0, 0.05) is 12.1 Å². The van der Waals surface area contributed by atoms with Crippen molar-refractivity contribution in [1.82, 2.24) is 5.32 Å². The van der Waals surface area contributed by atoms with Gasteiger partial charge in [-0.2, -0.15) is 0 Å². The van der Waals surface area contributed by atoms with E-state index in [1.165, 1.54) is 37.5 Å². The Labute approximate surface area is 112 Å². The first-order valence-electron chi connectivity index (χ1n) is 6.47. The van der Waals surface area contributed by atoms with E-state index in [0.29, 0.717) is 23.6 Å². The molecule has 0 aromatic heterocycles. The maximum absolute atomic E-state index is 13.2. The van der Waals surface area contributed by atoms with Crippen molar-refractivity contribution in [2.24, 2.45) is 11.7 Å². The molecule has 3 nitrogen and oxygen atoms in total. The highest BCUT2D eigenvalue weighted by atomic mass is 19.1. The van der Waals surface area contributed by atoms with Gasteiger partial charge >= 0.3 is 0 Å². The average Bonchev–Trinajstić information content (AvgIpc) is 2.34. The Balaban J connectivity index is 2.10. The molecule has 0 atom stereocenters. The van der Waals surface area contributed by atoms with Crippen molar-refractivity contribution in [1.29, 1.82) is 0 Å². The van der Waals surface area contributed by atoms with Crippen LogP contribution in [0, 0.1) is 23.6 Å². The van der Waals surface area contributed by atoms with Gasteiger partial charge in [0.15, 0.2) is 0 Å². The molecule has 1 saturated carbocycles. The van der Waals surface area contributed by atoms with Crippen LogP contribution in [-0.4, -0.2) is 19.0 Å². The topological polar surface area (TPSA) is 55.1 Å². The Morgan fingerprint density at radius 3 is 2.89 bits per heavy atom. The van der Waals surface area contributed by atoms with Crippen molar-refractivity contribution in [3.63, 3.8) is 0 Å². The van der Waals surface area contributed by atoms with Gasteiger partial charge in [0.2, 0.25) is 0 Å². The molecule has 100 valence electrons. The first-order chi connectivity index (χ1) is 9.20. The van der Waals surface area contributed by atoms with Gasteiger partial charge in [-0.1, -0.05) is 18.3 Å². The first-order valence-corrected chi connectivity index (χ1v) is 6.47. The lowest BCUT2D eigenvalue weighted by Crippen LogP contribution is -2.32. The van der Waals surface area contributed by atoms with E-state index in [1.807, 2.05) is 0 Å². The van der Waals surface area contributed by atoms with Crippen LogP contribution in [0.5, 0.6) is 0 Å². The molecular weight excluding hydrogens is 243 g/mol. The predicted octanol–water partition coefficient (Wildman–Crippen LogP) is 1.67. The summed E-state index contributed by atoms with van der Waals surface area (Å²) in [5.41, 5.74) is 6.09. The molecule has 19 heavy (non-hydrogen) atoms. The number of nitrogens with two attached hydrogens (primary N) is 1. The van der Waals surface area contributed by atoms with Crippen molar-refractivity contribution < 1.29 is 9.18 Å². The number of benzene rings is 1. The van der Waals surface area contributed by atoms with E-state index < -0.39 is 5.82 Å². The number of hydrogen-bond acceptors (Lipinski definition) is 2. The molecule has 1 aromatic rings. The number of carbonyl (C=O) groups is 1. The summed E-state index contributed by atoms with van der Waals surface area (Å²) in [6.45, 7) is 0.861. The Kier molecular flexibility index (Phi) is 4.53. The van der Waals surface area contributed by atoms with E-state index in [-0.39, 0.29) is 12.5 Å². The lowest BCUT2D eigenvalue weighted by atomic mass is 9.85. The lowest BCUT2D eigenvalue weighted by Gasteiger charge is -2.25. The van der Waals surface area contributed by atoms with Crippen LogP contribution in [0.3, 0.4) is 0 Å². The summed E-state index contributed by atoms with van der Waals surface area (Å²) in [4.78, 5) is 12.1. The van der Waals surface area contributed by atoms with E-state index in [1.54, 1.807) is 0 Å². The van der Waals surface area contributed by atoms with Gasteiger partial charge in [-0.15, -0.1) is 0 Å². The summed E-state index contributed by atoms with van der Waals surface area (Å²) in [6.07, 6.45) is 3.58. The molecular formula is C15H17FN2O. The fraction of sp³-hybridized carbons (Fsp3) is 0.400. The molecule has 0 bridgehead atoms. The van der Waals surface area contributed by atoms with Crippen LogP contribution in [0.1, 0.15) is 35.2 Å². The SMILES string of the molecule is NCC#Cc1cc(F)ccc1C(=O)NCC1CCC1. The quantitative estimate of drug-likeness (QED) is 0.812. The van der Waals surface area contributed by atoms with E-state index in [2.05, 4.69) is 17.2 Å². The molecule has 1 aliphatic rings. The fourth-order valence-electron chi connectivity index (χ4n) is 1.99. The van der Waals surface area contributed by atoms with Crippen LogP contribution in [0.2, 0.25) is 0 Å². The third kappa shape index (κ3) is 3.55. The third-order valence-corrected chi connectivity index (χ3v) is 3.33. The summed E-state index contributed by atoms with van der Waals surface area (Å²) >= 11 is 0. The molecule has 2 rings (SSSR count). The molecule has 1 aliphatic carbocycles. The standard InChI is InChI=1S/C15H17FN2O/c16-13-6-7-14(12(9-13)5-2-8-17)15(19)18-10-11-3-1-4-11/h6-7,9,11H,1,3-4,8,10,17H2,(H,18,19). The van der Waals surface area contributed by atoms with Crippen molar-refractivity contribution in [3.05, 3.63) is 35.1 Å². The van der Waals surface area contributed by atoms with Crippen molar-refractivity contribution in [2.75, 3.05) is 13.1 Å². The average molecular weight is 260 g/mol. The summed E-state index contributed by atoms with van der Waals surface area (Å²) in [5, 5.41) is 2.88. The molecule has 0 radical (unpaired) electrons. The smallest absolute Gasteiger partial charge is 0.252 e. The molecule has 0 spiro atoms. The van der Waals surface area contributed by atoms with Crippen molar-refractivity contribution in [2.45, 2.75) is 19.3 Å². The highest BCUT2D eigenvalue weighted by Gasteiger charge is 2.19. The van der Waals surface area contributed by atoms with Crippen LogP contribution in [0.4, 0.5) is 4.39 Å². The molecule has 3 N–H and O–H groups in total. The second-order valence-electron chi connectivity index (χ2n) is 4.70. The molecule has 0 saturated heterocycles. The molecule has 4 heteroatoms. The van der Waals surface area contributed by atoms with E-state index >= 15 is 0 Å². The van der Waals surface area contributed by atoms with Gasteiger partial charge < -0.3 is 11.1 Å². The second-order valence-corrected chi connectivity index (χ2v) is 4.70. The zero-order valence-corrected chi connectivity index (χ0v) is 10.7. The zero-order valence-electron chi connectivity index (χ0n) is 10.7.